The Hall–Kier alpha value is -0.830. The van der Waals surface area contributed by atoms with Crippen molar-refractivity contribution in [2.75, 3.05) is 26.2 Å². The first-order valence-corrected chi connectivity index (χ1v) is 9.92. The summed E-state index contributed by atoms with van der Waals surface area (Å²) in [6.07, 6.45) is 5.75. The zero-order chi connectivity index (χ0) is 18.1. The number of hydrogen-bond donors (Lipinski definition) is 2. The second kappa shape index (κ2) is 12.5. The van der Waals surface area contributed by atoms with Gasteiger partial charge in [-0.2, -0.15) is 0 Å². The van der Waals surface area contributed by atoms with E-state index in [1.807, 2.05) is 0 Å². The summed E-state index contributed by atoms with van der Waals surface area (Å²) in [6.45, 7) is 13.3. The molecule has 0 bridgehead atoms. The van der Waals surface area contributed by atoms with Crippen molar-refractivity contribution >= 4 is 29.9 Å². The van der Waals surface area contributed by atoms with E-state index >= 15 is 0 Å². The van der Waals surface area contributed by atoms with Crippen LogP contribution in [0.1, 0.15) is 64.0 Å². The van der Waals surface area contributed by atoms with Crippen LogP contribution in [-0.4, -0.2) is 48.2 Å². The summed E-state index contributed by atoms with van der Waals surface area (Å²) in [6, 6.07) is 0.700. The Labute approximate surface area is 175 Å². The fourth-order valence-corrected chi connectivity index (χ4v) is 3.42. The van der Waals surface area contributed by atoms with E-state index in [1.54, 1.807) is 0 Å². The molecule has 0 saturated carbocycles. The van der Waals surface area contributed by atoms with Gasteiger partial charge in [0.2, 0.25) is 0 Å². The van der Waals surface area contributed by atoms with Crippen molar-refractivity contribution in [3.63, 3.8) is 0 Å². The van der Waals surface area contributed by atoms with E-state index in [4.69, 9.17) is 9.52 Å². The number of aryl methyl sites for hydroxylation is 2. The van der Waals surface area contributed by atoms with E-state index in [2.05, 4.69) is 48.4 Å². The monoisotopic (exact) mass is 477 g/mol. The highest BCUT2D eigenvalue weighted by Crippen LogP contribution is 2.17. The highest BCUT2D eigenvalue weighted by Gasteiger charge is 2.17. The van der Waals surface area contributed by atoms with E-state index in [1.165, 1.54) is 25.8 Å². The van der Waals surface area contributed by atoms with Crippen LogP contribution >= 0.6 is 24.0 Å². The van der Waals surface area contributed by atoms with Crippen LogP contribution in [0.15, 0.2) is 9.52 Å². The Balaban J connectivity index is 0.00000338. The molecule has 1 fully saturated rings. The number of hydrogen-bond acceptors (Lipinski definition) is 4. The molecular weight excluding hydrogens is 441 g/mol. The Bertz CT molecular complexity index is 525. The molecule has 0 amide bonds. The second-order valence-electron chi connectivity index (χ2n) is 6.74. The Morgan fingerprint density at radius 3 is 2.69 bits per heavy atom. The summed E-state index contributed by atoms with van der Waals surface area (Å²) >= 11 is 0. The fourth-order valence-electron chi connectivity index (χ4n) is 3.42. The lowest BCUT2D eigenvalue weighted by Crippen LogP contribution is -2.45. The zero-order valence-corrected chi connectivity index (χ0v) is 19.1. The van der Waals surface area contributed by atoms with E-state index < -0.39 is 0 Å². The largest absolute Gasteiger partial charge is 0.361 e. The smallest absolute Gasteiger partial charge is 0.191 e. The van der Waals surface area contributed by atoms with Crippen LogP contribution in [0.3, 0.4) is 0 Å². The third-order valence-electron chi connectivity index (χ3n) is 4.98. The van der Waals surface area contributed by atoms with Gasteiger partial charge in [-0.15, -0.1) is 24.0 Å². The van der Waals surface area contributed by atoms with Gasteiger partial charge >= 0.3 is 0 Å². The molecule has 0 spiro atoms. The highest BCUT2D eigenvalue weighted by molar-refractivity contribution is 14.0. The van der Waals surface area contributed by atoms with Gasteiger partial charge in [-0.25, -0.2) is 4.99 Å². The number of aliphatic imine (C=N–C) groups is 1. The maximum Gasteiger partial charge on any atom is 0.191 e. The van der Waals surface area contributed by atoms with Crippen molar-refractivity contribution in [2.45, 2.75) is 72.4 Å². The molecule has 1 unspecified atom stereocenters. The number of nitrogens with one attached hydrogen (secondary N) is 2. The van der Waals surface area contributed by atoms with E-state index in [9.17, 15) is 0 Å². The molecule has 0 aromatic carbocycles. The van der Waals surface area contributed by atoms with Gasteiger partial charge < -0.3 is 15.2 Å². The summed E-state index contributed by atoms with van der Waals surface area (Å²) < 4.78 is 5.43. The summed E-state index contributed by atoms with van der Waals surface area (Å²) in [5.41, 5.74) is 2.17. The molecule has 1 aliphatic rings. The number of likely N-dealkylation sites (tertiary alicyclic amines) is 1. The van der Waals surface area contributed by atoms with Gasteiger partial charge in [0.1, 0.15) is 5.76 Å². The minimum atomic E-state index is 0. The molecule has 1 aromatic rings. The van der Waals surface area contributed by atoms with Gasteiger partial charge in [0.05, 0.1) is 12.2 Å². The standard InChI is InChI=1S/C19H35N5O.HI/c1-5-17-16(18(6-2)25-23-17)14-22-19(20-7-3)21-11-13-24-12-9-8-10-15(24)4;/h15H,5-14H2,1-4H3,(H2,20,21,22);1H. The van der Waals surface area contributed by atoms with Crippen LogP contribution in [0, 0.1) is 0 Å². The molecule has 1 atom stereocenters. The normalized spacial score (nSPS) is 18.5. The number of halogens is 1. The lowest BCUT2D eigenvalue weighted by Gasteiger charge is -2.33. The van der Waals surface area contributed by atoms with Crippen LogP contribution in [0.25, 0.3) is 0 Å². The first kappa shape index (κ1) is 23.2. The molecule has 150 valence electrons. The van der Waals surface area contributed by atoms with Gasteiger partial charge in [0.15, 0.2) is 5.96 Å². The van der Waals surface area contributed by atoms with E-state index in [-0.39, 0.29) is 24.0 Å². The van der Waals surface area contributed by atoms with Gasteiger partial charge in [-0.3, -0.25) is 4.90 Å². The van der Waals surface area contributed by atoms with Crippen molar-refractivity contribution in [1.82, 2.24) is 20.7 Å². The summed E-state index contributed by atoms with van der Waals surface area (Å²) in [5, 5.41) is 11.0. The molecule has 1 aliphatic heterocycles. The van der Waals surface area contributed by atoms with Crippen molar-refractivity contribution in [3.8, 4) is 0 Å². The molecule has 2 rings (SSSR count). The second-order valence-corrected chi connectivity index (χ2v) is 6.74. The van der Waals surface area contributed by atoms with Gasteiger partial charge in [0.25, 0.3) is 0 Å². The van der Waals surface area contributed by atoms with Crippen LogP contribution in [-0.2, 0) is 19.4 Å². The van der Waals surface area contributed by atoms with Crippen molar-refractivity contribution in [1.29, 1.82) is 0 Å². The summed E-state index contributed by atoms with van der Waals surface area (Å²) in [5.74, 6) is 1.83. The third-order valence-corrected chi connectivity index (χ3v) is 4.98. The maximum atomic E-state index is 5.43. The minimum absolute atomic E-state index is 0. The zero-order valence-electron chi connectivity index (χ0n) is 16.8. The molecule has 7 heteroatoms. The van der Waals surface area contributed by atoms with E-state index in [0.29, 0.717) is 12.6 Å². The van der Waals surface area contributed by atoms with Crippen LogP contribution in [0.5, 0.6) is 0 Å². The average molecular weight is 477 g/mol. The quantitative estimate of drug-likeness (QED) is 0.342. The molecule has 0 aliphatic carbocycles. The molecule has 1 aromatic heterocycles. The third kappa shape index (κ3) is 6.72. The Kier molecular flexibility index (Phi) is 11.2. The predicted octanol–water partition coefficient (Wildman–Crippen LogP) is 3.35. The van der Waals surface area contributed by atoms with Gasteiger partial charge in [-0.1, -0.05) is 25.4 Å². The molecule has 2 heterocycles. The highest BCUT2D eigenvalue weighted by atomic mass is 127. The first-order chi connectivity index (χ1) is 12.2. The lowest BCUT2D eigenvalue weighted by atomic mass is 10.0. The number of rotatable bonds is 8. The fraction of sp³-hybridized carbons (Fsp3) is 0.789. The van der Waals surface area contributed by atoms with Crippen molar-refractivity contribution < 1.29 is 4.52 Å². The summed E-state index contributed by atoms with van der Waals surface area (Å²) in [7, 11) is 0. The predicted molar refractivity (Wildman–Crippen MR) is 118 cm³/mol. The Morgan fingerprint density at radius 1 is 1.23 bits per heavy atom. The maximum absolute atomic E-state index is 5.43. The molecule has 2 N–H and O–H groups in total. The average Bonchev–Trinajstić information content (AvgIpc) is 3.03. The number of aromatic nitrogens is 1. The topological polar surface area (TPSA) is 65.7 Å². The van der Waals surface area contributed by atoms with Crippen LogP contribution < -0.4 is 10.6 Å². The minimum Gasteiger partial charge on any atom is -0.361 e. The van der Waals surface area contributed by atoms with E-state index in [0.717, 1.165) is 55.5 Å². The SMILES string of the molecule is CCNC(=NCc1c(CC)noc1CC)NCCN1CCCCC1C.I. The lowest BCUT2D eigenvalue weighted by molar-refractivity contribution is 0.163. The molecule has 26 heavy (non-hydrogen) atoms. The summed E-state index contributed by atoms with van der Waals surface area (Å²) in [4.78, 5) is 7.32. The number of guanidine groups is 1. The van der Waals surface area contributed by atoms with Gasteiger partial charge in [0, 0.05) is 37.7 Å². The first-order valence-electron chi connectivity index (χ1n) is 9.92. The van der Waals surface area contributed by atoms with Crippen LogP contribution in [0.4, 0.5) is 0 Å². The number of piperidine rings is 1. The molecule has 6 nitrogen and oxygen atoms in total. The number of nitrogens with zero attached hydrogens (tertiary/aromatic N) is 3. The molecule has 0 radical (unpaired) electrons. The van der Waals surface area contributed by atoms with Crippen molar-refractivity contribution in [2.24, 2.45) is 4.99 Å². The molecule has 1 saturated heterocycles. The Morgan fingerprint density at radius 2 is 2.04 bits per heavy atom. The molecular formula is C19H36IN5O. The van der Waals surface area contributed by atoms with Crippen molar-refractivity contribution in [3.05, 3.63) is 17.0 Å². The van der Waals surface area contributed by atoms with Crippen LogP contribution in [0.2, 0.25) is 0 Å². The van der Waals surface area contributed by atoms with Gasteiger partial charge in [-0.05, 0) is 39.7 Å².